The lowest BCUT2D eigenvalue weighted by molar-refractivity contribution is -0.169. The van der Waals surface area contributed by atoms with E-state index in [9.17, 15) is 0 Å². The van der Waals surface area contributed by atoms with Gasteiger partial charge in [0.2, 0.25) is 6.29 Å². The fourth-order valence-electron chi connectivity index (χ4n) is 0.853. The molecule has 1 aliphatic rings. The minimum atomic E-state index is -0.253. The highest BCUT2D eigenvalue weighted by Gasteiger charge is 2.13. The van der Waals surface area contributed by atoms with Crippen LogP contribution in [0.25, 0.3) is 0 Å². The van der Waals surface area contributed by atoms with Crippen LogP contribution in [0.3, 0.4) is 0 Å². The molecule has 1 atom stereocenters. The van der Waals surface area contributed by atoms with Crippen molar-refractivity contribution in [3.05, 3.63) is 0 Å². The second kappa shape index (κ2) is 3.40. The molecule has 4 heteroatoms. The summed E-state index contributed by atoms with van der Waals surface area (Å²) in [5, 5.41) is 2.78. The molecule has 1 fully saturated rings. The first-order valence-electron chi connectivity index (χ1n) is 3.07. The number of nitrogens with one attached hydrogen (secondary N) is 1. The van der Waals surface area contributed by atoms with E-state index in [-0.39, 0.29) is 6.29 Å². The van der Waals surface area contributed by atoms with Gasteiger partial charge in [-0.1, -0.05) is 0 Å². The highest BCUT2D eigenvalue weighted by molar-refractivity contribution is 4.51. The summed E-state index contributed by atoms with van der Waals surface area (Å²) in [6, 6.07) is 0. The zero-order chi connectivity index (χ0) is 6.53. The average Bonchev–Trinajstić information content (AvgIpc) is 1.91. The van der Waals surface area contributed by atoms with Gasteiger partial charge in [-0.25, -0.2) is 0 Å². The topological polar surface area (TPSA) is 54.7 Å². The van der Waals surface area contributed by atoms with Crippen molar-refractivity contribution in [1.29, 1.82) is 5.53 Å². The molecule has 0 aliphatic carbocycles. The Balaban J connectivity index is 2.15. The van der Waals surface area contributed by atoms with Gasteiger partial charge in [0.1, 0.15) is 0 Å². The summed E-state index contributed by atoms with van der Waals surface area (Å²) in [5.74, 6) is 0. The SMILES string of the molecule is N=NOC1CCCCO1. The van der Waals surface area contributed by atoms with Crippen molar-refractivity contribution in [2.45, 2.75) is 25.6 Å². The van der Waals surface area contributed by atoms with Crippen molar-refractivity contribution < 1.29 is 9.57 Å². The second-order valence-electron chi connectivity index (χ2n) is 1.99. The van der Waals surface area contributed by atoms with Gasteiger partial charge in [0, 0.05) is 11.7 Å². The maximum atomic E-state index is 6.36. The summed E-state index contributed by atoms with van der Waals surface area (Å²) >= 11 is 0. The molecule has 0 bridgehead atoms. The van der Waals surface area contributed by atoms with E-state index < -0.39 is 0 Å². The molecule has 1 unspecified atom stereocenters. The van der Waals surface area contributed by atoms with Crippen molar-refractivity contribution in [2.24, 2.45) is 5.28 Å². The normalized spacial score (nSPS) is 27.3. The van der Waals surface area contributed by atoms with E-state index in [0.29, 0.717) is 0 Å². The summed E-state index contributed by atoms with van der Waals surface area (Å²) in [7, 11) is 0. The van der Waals surface area contributed by atoms with Crippen LogP contribution >= 0.6 is 0 Å². The van der Waals surface area contributed by atoms with Gasteiger partial charge >= 0.3 is 0 Å². The van der Waals surface area contributed by atoms with Crippen LogP contribution in [-0.2, 0) is 9.57 Å². The van der Waals surface area contributed by atoms with E-state index in [1.165, 1.54) is 0 Å². The Morgan fingerprint density at radius 2 is 2.44 bits per heavy atom. The molecule has 0 aromatic rings. The van der Waals surface area contributed by atoms with Gasteiger partial charge in [-0.05, 0) is 12.8 Å². The molecule has 0 saturated carbocycles. The van der Waals surface area contributed by atoms with Crippen molar-refractivity contribution >= 4 is 0 Å². The van der Waals surface area contributed by atoms with E-state index >= 15 is 0 Å². The Morgan fingerprint density at radius 3 is 3.00 bits per heavy atom. The third kappa shape index (κ3) is 1.97. The summed E-state index contributed by atoms with van der Waals surface area (Å²) in [6.07, 6.45) is 2.82. The lowest BCUT2D eigenvalue weighted by Crippen LogP contribution is -2.19. The minimum absolute atomic E-state index is 0.253. The monoisotopic (exact) mass is 130 g/mol. The average molecular weight is 130 g/mol. The Labute approximate surface area is 53.6 Å². The zero-order valence-electron chi connectivity index (χ0n) is 5.17. The van der Waals surface area contributed by atoms with Crippen LogP contribution in [0.2, 0.25) is 0 Å². The smallest absolute Gasteiger partial charge is 0.228 e. The van der Waals surface area contributed by atoms with Crippen molar-refractivity contribution in [3.63, 3.8) is 0 Å². The Morgan fingerprint density at radius 1 is 1.56 bits per heavy atom. The third-order valence-electron chi connectivity index (χ3n) is 1.31. The van der Waals surface area contributed by atoms with Gasteiger partial charge in [0.25, 0.3) is 0 Å². The number of ether oxygens (including phenoxy) is 1. The zero-order valence-corrected chi connectivity index (χ0v) is 5.17. The van der Waals surface area contributed by atoms with Crippen molar-refractivity contribution in [3.8, 4) is 0 Å². The second-order valence-corrected chi connectivity index (χ2v) is 1.99. The Hall–Kier alpha value is -0.640. The van der Waals surface area contributed by atoms with Crippen LogP contribution in [0.4, 0.5) is 0 Å². The van der Waals surface area contributed by atoms with E-state index in [2.05, 4.69) is 10.1 Å². The fourth-order valence-corrected chi connectivity index (χ4v) is 0.853. The Kier molecular flexibility index (Phi) is 2.45. The lowest BCUT2D eigenvalue weighted by atomic mass is 10.2. The largest absolute Gasteiger partial charge is 0.347 e. The van der Waals surface area contributed by atoms with E-state index in [0.717, 1.165) is 25.9 Å². The third-order valence-corrected chi connectivity index (χ3v) is 1.31. The predicted molar refractivity (Wildman–Crippen MR) is 29.8 cm³/mol. The molecular formula is C5H10N2O2. The first kappa shape index (κ1) is 6.48. The highest BCUT2D eigenvalue weighted by Crippen LogP contribution is 2.13. The molecule has 1 saturated heterocycles. The van der Waals surface area contributed by atoms with E-state index in [4.69, 9.17) is 10.3 Å². The fraction of sp³-hybridized carbons (Fsp3) is 1.00. The molecule has 0 amide bonds. The summed E-state index contributed by atoms with van der Waals surface area (Å²) in [6.45, 7) is 0.736. The van der Waals surface area contributed by atoms with Crippen LogP contribution in [0.1, 0.15) is 19.3 Å². The van der Waals surface area contributed by atoms with Crippen LogP contribution in [0, 0.1) is 5.53 Å². The molecule has 9 heavy (non-hydrogen) atoms. The molecule has 0 aromatic carbocycles. The standard InChI is InChI=1S/C5H10N2O2/c6-7-9-5-3-1-2-4-8-5/h5-6H,1-4H2. The highest BCUT2D eigenvalue weighted by atomic mass is 16.8. The van der Waals surface area contributed by atoms with Crippen LogP contribution in [-0.4, -0.2) is 12.9 Å². The molecule has 1 N–H and O–H groups in total. The lowest BCUT2D eigenvalue weighted by Gasteiger charge is -2.18. The Bertz CT molecular complexity index is 91.0. The molecular weight excluding hydrogens is 120 g/mol. The summed E-state index contributed by atoms with van der Waals surface area (Å²) < 4.78 is 5.08. The summed E-state index contributed by atoms with van der Waals surface area (Å²) in [5.41, 5.74) is 6.36. The van der Waals surface area contributed by atoms with Gasteiger partial charge in [0.05, 0.1) is 6.61 Å². The first-order valence-corrected chi connectivity index (χ1v) is 3.07. The molecule has 0 radical (unpaired) electrons. The van der Waals surface area contributed by atoms with Crippen LogP contribution in [0.15, 0.2) is 5.28 Å². The van der Waals surface area contributed by atoms with Gasteiger partial charge in [-0.2, -0.15) is 5.53 Å². The molecule has 1 aliphatic heterocycles. The van der Waals surface area contributed by atoms with Gasteiger partial charge < -0.3 is 9.57 Å². The molecule has 1 rings (SSSR count). The van der Waals surface area contributed by atoms with E-state index in [1.807, 2.05) is 0 Å². The predicted octanol–water partition coefficient (Wildman–Crippen LogP) is 1.48. The number of hydrogen-bond donors (Lipinski definition) is 1. The number of nitrogens with zero attached hydrogens (tertiary/aromatic N) is 1. The quantitative estimate of drug-likeness (QED) is 0.454. The summed E-state index contributed by atoms with van der Waals surface area (Å²) in [4.78, 5) is 4.55. The van der Waals surface area contributed by atoms with Crippen LogP contribution < -0.4 is 0 Å². The van der Waals surface area contributed by atoms with Gasteiger partial charge in [0.15, 0.2) is 0 Å². The van der Waals surface area contributed by atoms with Crippen molar-refractivity contribution in [2.75, 3.05) is 6.61 Å². The maximum absolute atomic E-state index is 6.36. The van der Waals surface area contributed by atoms with Gasteiger partial charge in [-0.3, -0.25) is 0 Å². The molecule has 52 valence electrons. The molecule has 4 nitrogen and oxygen atoms in total. The molecule has 0 aromatic heterocycles. The minimum Gasteiger partial charge on any atom is -0.347 e. The first-order chi connectivity index (χ1) is 4.43. The number of hydrogen-bond acceptors (Lipinski definition) is 4. The van der Waals surface area contributed by atoms with Gasteiger partial charge in [-0.15, -0.1) is 0 Å². The number of rotatable bonds is 2. The maximum Gasteiger partial charge on any atom is 0.228 e. The van der Waals surface area contributed by atoms with E-state index in [1.54, 1.807) is 0 Å². The van der Waals surface area contributed by atoms with Crippen molar-refractivity contribution in [1.82, 2.24) is 0 Å². The molecule has 0 spiro atoms. The van der Waals surface area contributed by atoms with Crippen LogP contribution in [0.5, 0.6) is 0 Å². The molecule has 1 heterocycles.